The summed E-state index contributed by atoms with van der Waals surface area (Å²) in [5.74, 6) is 0.428. The van der Waals surface area contributed by atoms with E-state index in [1.165, 1.54) is 6.92 Å². The number of benzene rings is 1. The summed E-state index contributed by atoms with van der Waals surface area (Å²) in [5, 5.41) is 23.1. The Bertz CT molecular complexity index is 904. The molecule has 0 spiro atoms. The van der Waals surface area contributed by atoms with E-state index in [0.717, 1.165) is 9.99 Å². The van der Waals surface area contributed by atoms with E-state index in [4.69, 9.17) is 9.84 Å². The van der Waals surface area contributed by atoms with Gasteiger partial charge in [-0.15, -0.1) is 0 Å². The van der Waals surface area contributed by atoms with Crippen LogP contribution in [0.2, 0.25) is 0 Å². The highest BCUT2D eigenvalue weighted by Gasteiger charge is 2.40. The molecule has 2 amide bonds. The van der Waals surface area contributed by atoms with E-state index in [1.54, 1.807) is 17.0 Å². The summed E-state index contributed by atoms with van der Waals surface area (Å²) in [5.41, 5.74) is 0.399. The highest BCUT2D eigenvalue weighted by atomic mass is 127. The second kappa shape index (κ2) is 14.5. The molecular formula is C26H37IN2O6. The maximum atomic E-state index is 13.3. The SMILES string of the molecule is CC(=O)CCCC(=O)N(CCC(C)C)[C@@H]1CC(C(=O)NCCO)=C[C@H](Oc2ccccc2I)[C@H]1O. The van der Waals surface area contributed by atoms with Gasteiger partial charge in [-0.2, -0.15) is 0 Å². The number of aliphatic hydroxyl groups excluding tert-OH is 2. The zero-order valence-electron chi connectivity index (χ0n) is 20.7. The van der Waals surface area contributed by atoms with Crippen molar-refractivity contribution in [2.75, 3.05) is 19.7 Å². The quantitative estimate of drug-likeness (QED) is 0.300. The first-order valence-corrected chi connectivity index (χ1v) is 13.2. The predicted octanol–water partition coefficient (Wildman–Crippen LogP) is 2.84. The number of Topliss-reactive ketones (excluding diaryl/α,β-unsaturated/α-hetero) is 1. The molecule has 35 heavy (non-hydrogen) atoms. The number of amides is 2. The highest BCUT2D eigenvalue weighted by Crippen LogP contribution is 2.30. The van der Waals surface area contributed by atoms with Gasteiger partial charge in [0.25, 0.3) is 0 Å². The van der Waals surface area contributed by atoms with E-state index in [0.29, 0.717) is 36.6 Å². The van der Waals surface area contributed by atoms with Gasteiger partial charge in [0.05, 0.1) is 16.2 Å². The molecule has 0 saturated carbocycles. The van der Waals surface area contributed by atoms with Crippen molar-refractivity contribution >= 4 is 40.2 Å². The highest BCUT2D eigenvalue weighted by molar-refractivity contribution is 14.1. The Balaban J connectivity index is 2.35. The van der Waals surface area contributed by atoms with Crippen LogP contribution in [-0.2, 0) is 14.4 Å². The number of para-hydroxylation sites is 1. The molecule has 194 valence electrons. The summed E-state index contributed by atoms with van der Waals surface area (Å²) in [6, 6.07) is 6.72. The van der Waals surface area contributed by atoms with Crippen LogP contribution in [0.4, 0.5) is 0 Å². The smallest absolute Gasteiger partial charge is 0.247 e. The number of halogens is 1. The maximum Gasteiger partial charge on any atom is 0.247 e. The van der Waals surface area contributed by atoms with Crippen molar-refractivity contribution in [2.45, 2.75) is 71.1 Å². The third kappa shape index (κ3) is 9.20. The number of carbonyl (C=O) groups excluding carboxylic acids is 3. The van der Waals surface area contributed by atoms with Gasteiger partial charge >= 0.3 is 0 Å². The van der Waals surface area contributed by atoms with Crippen LogP contribution in [0.3, 0.4) is 0 Å². The predicted molar refractivity (Wildman–Crippen MR) is 142 cm³/mol. The summed E-state index contributed by atoms with van der Waals surface area (Å²) in [4.78, 5) is 39.1. The number of hydrogen-bond acceptors (Lipinski definition) is 6. The second-order valence-corrected chi connectivity index (χ2v) is 10.4. The van der Waals surface area contributed by atoms with Gasteiger partial charge in [0.15, 0.2) is 0 Å². The molecule has 0 aliphatic heterocycles. The van der Waals surface area contributed by atoms with Gasteiger partial charge in [-0.3, -0.25) is 9.59 Å². The van der Waals surface area contributed by atoms with Crippen molar-refractivity contribution in [3.8, 4) is 5.75 Å². The Hall–Kier alpha value is -1.98. The lowest BCUT2D eigenvalue weighted by atomic mass is 9.87. The number of ketones is 1. The lowest BCUT2D eigenvalue weighted by Crippen LogP contribution is -2.55. The van der Waals surface area contributed by atoms with Crippen LogP contribution in [0, 0.1) is 9.49 Å². The molecule has 0 heterocycles. The number of ether oxygens (including phenoxy) is 1. The average Bonchev–Trinajstić information content (AvgIpc) is 2.80. The minimum Gasteiger partial charge on any atom is -0.482 e. The number of aliphatic hydroxyl groups is 2. The van der Waals surface area contributed by atoms with Crippen LogP contribution >= 0.6 is 22.6 Å². The van der Waals surface area contributed by atoms with Crippen LogP contribution in [0.15, 0.2) is 35.9 Å². The topological polar surface area (TPSA) is 116 Å². The average molecular weight is 600 g/mol. The van der Waals surface area contributed by atoms with Gasteiger partial charge in [-0.1, -0.05) is 26.0 Å². The molecule has 0 saturated heterocycles. The number of nitrogens with one attached hydrogen (secondary N) is 1. The van der Waals surface area contributed by atoms with Gasteiger partial charge < -0.3 is 30.0 Å². The molecule has 1 aliphatic rings. The third-order valence-electron chi connectivity index (χ3n) is 5.90. The molecule has 0 unspecified atom stereocenters. The fourth-order valence-electron chi connectivity index (χ4n) is 3.97. The van der Waals surface area contributed by atoms with Crippen molar-refractivity contribution in [3.63, 3.8) is 0 Å². The molecule has 3 N–H and O–H groups in total. The van der Waals surface area contributed by atoms with Crippen LogP contribution in [0.1, 0.15) is 52.9 Å². The first-order chi connectivity index (χ1) is 16.6. The van der Waals surface area contributed by atoms with E-state index in [1.807, 2.05) is 18.2 Å². The summed E-state index contributed by atoms with van der Waals surface area (Å²) in [6.07, 6.45) is 1.58. The molecule has 0 aromatic heterocycles. The van der Waals surface area contributed by atoms with Gasteiger partial charge in [0, 0.05) is 37.9 Å². The molecule has 0 fully saturated rings. The Kier molecular flexibility index (Phi) is 12.2. The zero-order valence-corrected chi connectivity index (χ0v) is 22.9. The number of hydrogen-bond donors (Lipinski definition) is 3. The van der Waals surface area contributed by atoms with E-state index >= 15 is 0 Å². The number of nitrogens with zero attached hydrogens (tertiary/aromatic N) is 1. The number of rotatable bonds is 13. The van der Waals surface area contributed by atoms with E-state index in [2.05, 4.69) is 41.8 Å². The number of carbonyl (C=O) groups is 3. The molecule has 3 atom stereocenters. The molecule has 1 aromatic carbocycles. The van der Waals surface area contributed by atoms with Gasteiger partial charge in [0.1, 0.15) is 23.7 Å². The van der Waals surface area contributed by atoms with Crippen molar-refractivity contribution in [1.29, 1.82) is 0 Å². The van der Waals surface area contributed by atoms with Crippen molar-refractivity contribution in [1.82, 2.24) is 10.2 Å². The maximum absolute atomic E-state index is 13.3. The fraction of sp³-hybridized carbons (Fsp3) is 0.577. The lowest BCUT2D eigenvalue weighted by Gasteiger charge is -2.41. The van der Waals surface area contributed by atoms with Crippen LogP contribution in [-0.4, -0.2) is 70.7 Å². The van der Waals surface area contributed by atoms with Crippen molar-refractivity contribution in [3.05, 3.63) is 39.5 Å². The van der Waals surface area contributed by atoms with Crippen LogP contribution in [0.25, 0.3) is 0 Å². The molecule has 0 radical (unpaired) electrons. The zero-order chi connectivity index (χ0) is 26.0. The largest absolute Gasteiger partial charge is 0.482 e. The molecule has 9 heteroatoms. The third-order valence-corrected chi connectivity index (χ3v) is 6.79. The first-order valence-electron chi connectivity index (χ1n) is 12.1. The van der Waals surface area contributed by atoms with Crippen molar-refractivity contribution in [2.24, 2.45) is 5.92 Å². The van der Waals surface area contributed by atoms with E-state index in [9.17, 15) is 19.5 Å². The van der Waals surface area contributed by atoms with Gasteiger partial charge in [0.2, 0.25) is 11.8 Å². The molecule has 2 rings (SSSR count). The normalized spacial score (nSPS) is 19.7. The van der Waals surface area contributed by atoms with Gasteiger partial charge in [-0.05, 0) is 66.5 Å². The van der Waals surface area contributed by atoms with Crippen LogP contribution < -0.4 is 10.1 Å². The molecule has 8 nitrogen and oxygen atoms in total. The first kappa shape index (κ1) is 29.3. The minimum absolute atomic E-state index is 0.0286. The summed E-state index contributed by atoms with van der Waals surface area (Å²) in [7, 11) is 0. The summed E-state index contributed by atoms with van der Waals surface area (Å²) in [6.45, 7) is 5.97. The molecule has 1 aliphatic carbocycles. The van der Waals surface area contributed by atoms with E-state index in [-0.39, 0.29) is 43.6 Å². The fourth-order valence-corrected chi connectivity index (χ4v) is 4.49. The molecule has 0 bridgehead atoms. The van der Waals surface area contributed by atoms with Crippen molar-refractivity contribution < 1.29 is 29.3 Å². The van der Waals surface area contributed by atoms with Gasteiger partial charge in [-0.25, -0.2) is 0 Å². The standard InChI is InChI=1S/C26H37IN2O6/c1-17(2)11-13-29(24(32)10-6-7-18(3)31)21-15-19(26(34)28-12-14-30)16-23(25(21)33)35-22-9-5-4-8-20(22)27/h4-5,8-9,16-17,21,23,25,30,33H,6-7,10-15H2,1-3H3,(H,28,34)/t21-,23+,25+/m1/s1. The summed E-state index contributed by atoms with van der Waals surface area (Å²) >= 11 is 2.14. The summed E-state index contributed by atoms with van der Waals surface area (Å²) < 4.78 is 6.99. The van der Waals surface area contributed by atoms with Crippen LogP contribution in [0.5, 0.6) is 5.75 Å². The Morgan fingerprint density at radius 3 is 2.57 bits per heavy atom. The Labute approximate surface area is 221 Å². The molecule has 1 aromatic rings. The Morgan fingerprint density at radius 1 is 1.23 bits per heavy atom. The molecular weight excluding hydrogens is 563 g/mol. The Morgan fingerprint density at radius 2 is 1.94 bits per heavy atom. The van der Waals surface area contributed by atoms with E-state index < -0.39 is 18.2 Å². The minimum atomic E-state index is -1.05. The monoisotopic (exact) mass is 600 g/mol. The lowest BCUT2D eigenvalue weighted by molar-refractivity contribution is -0.139. The second-order valence-electron chi connectivity index (χ2n) is 9.27.